The Morgan fingerprint density at radius 2 is 1.75 bits per heavy atom. The molecule has 3 heteroatoms. The Morgan fingerprint density at radius 1 is 1.10 bits per heavy atom. The monoisotopic (exact) mass is 296 g/mol. The van der Waals surface area contributed by atoms with Crippen molar-refractivity contribution >= 4 is 16.9 Å². The molecule has 0 radical (unpaired) electrons. The first-order valence-electron chi connectivity index (χ1n) is 8.62. The summed E-state index contributed by atoms with van der Waals surface area (Å²) in [5.41, 5.74) is 0.467. The van der Waals surface area contributed by atoms with Gasteiger partial charge in [-0.1, -0.05) is 51.8 Å². The van der Waals surface area contributed by atoms with Crippen LogP contribution in [0.5, 0.6) is 0 Å². The minimum Gasteiger partial charge on any atom is -0.365 e. The van der Waals surface area contributed by atoms with Gasteiger partial charge in [0, 0.05) is 18.8 Å². The first-order valence-corrected chi connectivity index (χ1v) is 9.61. The molecule has 1 aliphatic heterocycles. The van der Waals surface area contributed by atoms with Crippen molar-refractivity contribution in [1.82, 2.24) is 5.32 Å². The second-order valence-electron chi connectivity index (χ2n) is 6.79. The van der Waals surface area contributed by atoms with Crippen LogP contribution in [-0.4, -0.2) is 24.0 Å². The van der Waals surface area contributed by atoms with Gasteiger partial charge in [-0.3, -0.25) is 4.99 Å². The lowest BCUT2D eigenvalue weighted by atomic mass is 9.81. The first-order chi connectivity index (χ1) is 9.71. The zero-order valence-electron chi connectivity index (χ0n) is 13.6. The zero-order chi connectivity index (χ0) is 14.4. The van der Waals surface area contributed by atoms with Crippen molar-refractivity contribution in [3.05, 3.63) is 0 Å². The Labute approximate surface area is 129 Å². The van der Waals surface area contributed by atoms with Crippen LogP contribution in [0.1, 0.15) is 65.7 Å². The van der Waals surface area contributed by atoms with Crippen LogP contribution in [0.15, 0.2) is 4.99 Å². The van der Waals surface area contributed by atoms with Crippen LogP contribution in [0.25, 0.3) is 0 Å². The van der Waals surface area contributed by atoms with Crippen LogP contribution in [0, 0.1) is 17.3 Å². The van der Waals surface area contributed by atoms with Gasteiger partial charge in [-0.2, -0.15) is 0 Å². The maximum Gasteiger partial charge on any atom is 0.156 e. The number of amidine groups is 1. The fourth-order valence-electron chi connectivity index (χ4n) is 3.41. The minimum absolute atomic E-state index is 0.467. The average molecular weight is 297 g/mol. The van der Waals surface area contributed by atoms with Crippen LogP contribution >= 0.6 is 11.8 Å². The van der Waals surface area contributed by atoms with E-state index in [-0.39, 0.29) is 0 Å². The summed E-state index contributed by atoms with van der Waals surface area (Å²) in [6.07, 6.45) is 9.60. The summed E-state index contributed by atoms with van der Waals surface area (Å²) in [5.74, 6) is 3.13. The molecule has 1 N–H and O–H groups in total. The normalized spacial score (nSPS) is 29.9. The summed E-state index contributed by atoms with van der Waals surface area (Å²) in [7, 11) is 0. The van der Waals surface area contributed by atoms with Gasteiger partial charge >= 0.3 is 0 Å². The van der Waals surface area contributed by atoms with Crippen molar-refractivity contribution in [2.75, 3.05) is 18.8 Å². The average Bonchev–Trinajstić information content (AvgIpc) is 2.54. The Balaban J connectivity index is 1.72. The largest absolute Gasteiger partial charge is 0.365 e. The summed E-state index contributed by atoms with van der Waals surface area (Å²) in [4.78, 5) is 4.81. The highest BCUT2D eigenvalue weighted by molar-refractivity contribution is 8.13. The SMILES string of the molecule is CCC1CCC(CNC2=NCC(CC)(CC)CS2)CC1. The van der Waals surface area contributed by atoms with Crippen molar-refractivity contribution in [3.63, 3.8) is 0 Å². The third-order valence-electron chi connectivity index (χ3n) is 5.66. The second-order valence-corrected chi connectivity index (χ2v) is 7.76. The fourth-order valence-corrected chi connectivity index (χ4v) is 4.70. The van der Waals surface area contributed by atoms with E-state index in [0.29, 0.717) is 5.41 Å². The van der Waals surface area contributed by atoms with Crippen molar-refractivity contribution in [1.29, 1.82) is 0 Å². The van der Waals surface area contributed by atoms with Crippen LogP contribution in [0.3, 0.4) is 0 Å². The predicted octanol–water partition coefficient (Wildman–Crippen LogP) is 4.70. The van der Waals surface area contributed by atoms with E-state index in [1.54, 1.807) is 0 Å². The summed E-state index contributed by atoms with van der Waals surface area (Å²) >= 11 is 1.95. The molecule has 0 aromatic heterocycles. The third-order valence-corrected chi connectivity index (χ3v) is 6.96. The van der Waals surface area contributed by atoms with E-state index in [9.17, 15) is 0 Å². The minimum atomic E-state index is 0.467. The lowest BCUT2D eigenvalue weighted by Gasteiger charge is -2.34. The van der Waals surface area contributed by atoms with Gasteiger partial charge in [0.05, 0.1) is 0 Å². The number of nitrogens with zero attached hydrogens (tertiary/aromatic N) is 1. The number of hydrogen-bond acceptors (Lipinski definition) is 3. The lowest BCUT2D eigenvalue weighted by molar-refractivity contribution is 0.269. The Bertz CT molecular complexity index is 315. The molecule has 2 aliphatic rings. The maximum absolute atomic E-state index is 4.81. The van der Waals surface area contributed by atoms with E-state index in [0.717, 1.165) is 24.9 Å². The van der Waals surface area contributed by atoms with Gasteiger partial charge in [-0.15, -0.1) is 0 Å². The van der Waals surface area contributed by atoms with Crippen LogP contribution in [-0.2, 0) is 0 Å². The number of thioether (sulfide) groups is 1. The topological polar surface area (TPSA) is 24.4 Å². The van der Waals surface area contributed by atoms with Gasteiger partial charge in [0.15, 0.2) is 5.17 Å². The molecule has 116 valence electrons. The van der Waals surface area contributed by atoms with Crippen LogP contribution in [0.4, 0.5) is 0 Å². The molecule has 1 fully saturated rings. The summed E-state index contributed by atoms with van der Waals surface area (Å²) in [6.45, 7) is 9.13. The van der Waals surface area contributed by atoms with Gasteiger partial charge in [-0.25, -0.2) is 0 Å². The predicted molar refractivity (Wildman–Crippen MR) is 91.5 cm³/mol. The standard InChI is InChI=1S/C17H32N2S/c1-4-14-7-9-15(10-8-14)11-18-16-19-12-17(5-2,6-3)13-20-16/h14-15H,4-13H2,1-3H3,(H,18,19). The fraction of sp³-hybridized carbons (Fsp3) is 0.941. The highest BCUT2D eigenvalue weighted by Crippen LogP contribution is 2.35. The molecule has 0 unspecified atom stereocenters. The third kappa shape index (κ3) is 4.16. The molecule has 2 rings (SSSR count). The number of aliphatic imine (C=N–C) groups is 1. The molecule has 0 spiro atoms. The molecule has 0 bridgehead atoms. The maximum atomic E-state index is 4.81. The second kappa shape index (κ2) is 7.72. The van der Waals surface area contributed by atoms with E-state index >= 15 is 0 Å². The lowest BCUT2D eigenvalue weighted by Crippen LogP contribution is -2.36. The van der Waals surface area contributed by atoms with Crippen molar-refractivity contribution in [3.8, 4) is 0 Å². The summed E-state index contributed by atoms with van der Waals surface area (Å²) < 4.78 is 0. The van der Waals surface area contributed by atoms with E-state index < -0.39 is 0 Å². The summed E-state index contributed by atoms with van der Waals surface area (Å²) in [6, 6.07) is 0. The molecule has 1 aliphatic carbocycles. The molecule has 0 atom stereocenters. The molecule has 0 aromatic carbocycles. The van der Waals surface area contributed by atoms with Crippen molar-refractivity contribution in [2.45, 2.75) is 65.7 Å². The van der Waals surface area contributed by atoms with Crippen LogP contribution in [0.2, 0.25) is 0 Å². The van der Waals surface area contributed by atoms with Gasteiger partial charge in [-0.05, 0) is 42.9 Å². The Kier molecular flexibility index (Phi) is 6.25. The molecule has 1 saturated carbocycles. The molecule has 0 amide bonds. The highest BCUT2D eigenvalue weighted by atomic mass is 32.2. The van der Waals surface area contributed by atoms with Gasteiger partial charge in [0.25, 0.3) is 0 Å². The summed E-state index contributed by atoms with van der Waals surface area (Å²) in [5, 5.41) is 4.83. The molecule has 1 heterocycles. The molecular weight excluding hydrogens is 264 g/mol. The van der Waals surface area contributed by atoms with Gasteiger partial charge in [0.2, 0.25) is 0 Å². The molecule has 2 nitrogen and oxygen atoms in total. The van der Waals surface area contributed by atoms with Crippen molar-refractivity contribution in [2.24, 2.45) is 22.2 Å². The van der Waals surface area contributed by atoms with E-state index in [1.165, 1.54) is 55.9 Å². The molecule has 0 aromatic rings. The smallest absolute Gasteiger partial charge is 0.156 e. The molecule has 20 heavy (non-hydrogen) atoms. The van der Waals surface area contributed by atoms with Gasteiger partial charge in [0.1, 0.15) is 0 Å². The Hall–Kier alpha value is -0.180. The zero-order valence-corrected chi connectivity index (χ0v) is 14.4. The Morgan fingerprint density at radius 3 is 2.25 bits per heavy atom. The van der Waals surface area contributed by atoms with Gasteiger partial charge < -0.3 is 5.32 Å². The number of hydrogen-bond donors (Lipinski definition) is 1. The number of rotatable bonds is 5. The van der Waals surface area contributed by atoms with Crippen molar-refractivity contribution < 1.29 is 0 Å². The van der Waals surface area contributed by atoms with E-state index in [4.69, 9.17) is 4.99 Å². The highest BCUT2D eigenvalue weighted by Gasteiger charge is 2.30. The molecular formula is C17H32N2S. The first kappa shape index (κ1) is 16.2. The van der Waals surface area contributed by atoms with Crippen LogP contribution < -0.4 is 5.32 Å². The van der Waals surface area contributed by atoms with E-state index in [1.807, 2.05) is 11.8 Å². The quantitative estimate of drug-likeness (QED) is 0.795. The number of nitrogens with one attached hydrogen (secondary N) is 1. The molecule has 0 saturated heterocycles. The van der Waals surface area contributed by atoms with E-state index in [2.05, 4.69) is 26.1 Å².